The fourth-order valence-corrected chi connectivity index (χ4v) is 3.18. The van der Waals surface area contributed by atoms with E-state index in [1.807, 2.05) is 18.2 Å². The van der Waals surface area contributed by atoms with Crippen LogP contribution in [0.4, 0.5) is 0 Å². The highest BCUT2D eigenvalue weighted by Gasteiger charge is 2.32. The Hall–Kier alpha value is -1.36. The summed E-state index contributed by atoms with van der Waals surface area (Å²) in [6, 6.07) is 5.77. The van der Waals surface area contributed by atoms with Crippen LogP contribution in [0.15, 0.2) is 27.8 Å². The molecule has 3 rings (SSSR count). The van der Waals surface area contributed by atoms with Crippen LogP contribution in [-0.2, 0) is 0 Å². The van der Waals surface area contributed by atoms with Gasteiger partial charge in [-0.2, -0.15) is 0 Å². The monoisotopic (exact) mass is 322 g/mol. The molecule has 2 atom stereocenters. The zero-order valence-corrected chi connectivity index (χ0v) is 12.2. The number of aromatic amines is 2. The number of aromatic nitrogens is 2. The van der Waals surface area contributed by atoms with Crippen molar-refractivity contribution in [2.75, 3.05) is 0 Å². The topological polar surface area (TPSA) is 65.7 Å². The minimum Gasteiger partial charge on any atom is -0.316 e. The van der Waals surface area contributed by atoms with Crippen LogP contribution in [-0.4, -0.2) is 9.97 Å². The maximum absolute atomic E-state index is 11.4. The average molecular weight is 323 g/mol. The lowest BCUT2D eigenvalue weighted by Gasteiger charge is -2.18. The number of alkyl halides is 1. The van der Waals surface area contributed by atoms with E-state index in [0.29, 0.717) is 17.0 Å². The molecule has 2 N–H and O–H groups in total. The molecule has 0 saturated heterocycles. The van der Waals surface area contributed by atoms with Gasteiger partial charge in [-0.15, -0.1) is 0 Å². The summed E-state index contributed by atoms with van der Waals surface area (Å²) in [5.74, 6) is 1.38. The Morgan fingerprint density at radius 3 is 2.42 bits per heavy atom. The van der Waals surface area contributed by atoms with Gasteiger partial charge in [-0.25, -0.2) is 0 Å². The fourth-order valence-electron chi connectivity index (χ4n) is 2.47. The zero-order valence-electron chi connectivity index (χ0n) is 10.6. The summed E-state index contributed by atoms with van der Waals surface area (Å²) >= 11 is 3.75. The fraction of sp³-hybridized carbons (Fsp3) is 0.429. The first-order valence-electron chi connectivity index (χ1n) is 6.46. The van der Waals surface area contributed by atoms with E-state index in [0.717, 1.165) is 11.5 Å². The van der Waals surface area contributed by atoms with Gasteiger partial charge in [0.1, 0.15) is 0 Å². The van der Waals surface area contributed by atoms with Gasteiger partial charge in [0.05, 0.1) is 11.0 Å². The SMILES string of the molecule is CC(C1CC1)C(Br)c1ccc2[nH]c(=O)c(=O)[nH]c2c1. The lowest BCUT2D eigenvalue weighted by atomic mass is 9.96. The highest BCUT2D eigenvalue weighted by Crippen LogP contribution is 2.46. The van der Waals surface area contributed by atoms with Crippen molar-refractivity contribution in [2.45, 2.75) is 24.6 Å². The Morgan fingerprint density at radius 1 is 1.16 bits per heavy atom. The van der Waals surface area contributed by atoms with Gasteiger partial charge in [-0.1, -0.05) is 28.9 Å². The third kappa shape index (κ3) is 2.39. The molecule has 1 aromatic heterocycles. The quantitative estimate of drug-likeness (QED) is 0.674. The van der Waals surface area contributed by atoms with Crippen molar-refractivity contribution in [2.24, 2.45) is 11.8 Å². The van der Waals surface area contributed by atoms with E-state index in [4.69, 9.17) is 0 Å². The number of H-pyrrole nitrogens is 2. The van der Waals surface area contributed by atoms with Crippen molar-refractivity contribution in [1.82, 2.24) is 9.97 Å². The first-order valence-corrected chi connectivity index (χ1v) is 7.38. The molecular weight excluding hydrogens is 308 g/mol. The number of hydrogen-bond donors (Lipinski definition) is 2. The molecule has 1 saturated carbocycles. The molecule has 100 valence electrons. The van der Waals surface area contributed by atoms with E-state index in [9.17, 15) is 9.59 Å². The van der Waals surface area contributed by atoms with Gasteiger partial charge in [0.15, 0.2) is 0 Å². The van der Waals surface area contributed by atoms with Crippen LogP contribution in [0.1, 0.15) is 30.2 Å². The maximum atomic E-state index is 11.4. The molecule has 1 aliphatic rings. The molecule has 4 nitrogen and oxygen atoms in total. The van der Waals surface area contributed by atoms with Crippen molar-refractivity contribution in [1.29, 1.82) is 0 Å². The van der Waals surface area contributed by atoms with E-state index >= 15 is 0 Å². The van der Waals surface area contributed by atoms with Crippen molar-refractivity contribution in [3.05, 3.63) is 44.5 Å². The molecule has 0 bridgehead atoms. The van der Waals surface area contributed by atoms with E-state index < -0.39 is 11.1 Å². The van der Waals surface area contributed by atoms with Gasteiger partial charge < -0.3 is 9.97 Å². The lowest BCUT2D eigenvalue weighted by molar-refractivity contribution is 0.503. The highest BCUT2D eigenvalue weighted by atomic mass is 79.9. The Morgan fingerprint density at radius 2 is 1.79 bits per heavy atom. The van der Waals surface area contributed by atoms with Gasteiger partial charge in [0, 0.05) is 4.83 Å². The van der Waals surface area contributed by atoms with E-state index in [2.05, 4.69) is 32.8 Å². The minimum absolute atomic E-state index is 0.278. The second-order valence-electron chi connectivity index (χ2n) is 5.31. The van der Waals surface area contributed by atoms with Crippen LogP contribution < -0.4 is 11.1 Å². The number of benzene rings is 1. The lowest BCUT2D eigenvalue weighted by Crippen LogP contribution is -2.28. The smallest absolute Gasteiger partial charge is 0.314 e. The van der Waals surface area contributed by atoms with Crippen LogP contribution in [0.5, 0.6) is 0 Å². The van der Waals surface area contributed by atoms with Crippen molar-refractivity contribution in [3.8, 4) is 0 Å². The largest absolute Gasteiger partial charge is 0.316 e. The average Bonchev–Trinajstić information content (AvgIpc) is 3.22. The molecule has 1 aliphatic carbocycles. The summed E-state index contributed by atoms with van der Waals surface area (Å²) in [6.07, 6.45) is 2.61. The van der Waals surface area contributed by atoms with Crippen LogP contribution in [0.25, 0.3) is 11.0 Å². The molecule has 1 aromatic carbocycles. The molecule has 0 spiro atoms. The van der Waals surface area contributed by atoms with E-state index in [1.54, 1.807) is 0 Å². The molecule has 0 amide bonds. The van der Waals surface area contributed by atoms with Crippen molar-refractivity contribution >= 4 is 27.0 Å². The minimum atomic E-state index is -0.609. The Kier molecular flexibility index (Phi) is 3.09. The van der Waals surface area contributed by atoms with Crippen molar-refractivity contribution < 1.29 is 0 Å². The van der Waals surface area contributed by atoms with Crippen LogP contribution in [0.3, 0.4) is 0 Å². The molecule has 2 aromatic rings. The van der Waals surface area contributed by atoms with Crippen molar-refractivity contribution in [3.63, 3.8) is 0 Å². The first kappa shape index (κ1) is 12.7. The predicted molar refractivity (Wildman–Crippen MR) is 78.7 cm³/mol. The molecule has 1 fully saturated rings. The van der Waals surface area contributed by atoms with Gasteiger partial charge in [0.2, 0.25) is 0 Å². The Balaban J connectivity index is 2.03. The number of fused-ring (bicyclic) bond motifs is 1. The summed E-state index contributed by atoms with van der Waals surface area (Å²) in [7, 11) is 0. The van der Waals surface area contributed by atoms with Gasteiger partial charge in [0.25, 0.3) is 0 Å². The summed E-state index contributed by atoms with van der Waals surface area (Å²) in [6.45, 7) is 2.25. The third-order valence-corrected chi connectivity index (χ3v) is 5.25. The first-order chi connectivity index (χ1) is 9.06. The number of nitrogens with one attached hydrogen (secondary N) is 2. The summed E-state index contributed by atoms with van der Waals surface area (Å²) in [5, 5.41) is 0. The summed E-state index contributed by atoms with van der Waals surface area (Å²) < 4.78 is 0. The predicted octanol–water partition coefficient (Wildman–Crippen LogP) is 2.70. The van der Waals surface area contributed by atoms with E-state index in [-0.39, 0.29) is 4.83 Å². The van der Waals surface area contributed by atoms with Gasteiger partial charge in [-0.3, -0.25) is 9.59 Å². The summed E-state index contributed by atoms with van der Waals surface area (Å²) in [5.41, 5.74) is 1.25. The molecule has 5 heteroatoms. The maximum Gasteiger partial charge on any atom is 0.314 e. The molecule has 1 heterocycles. The van der Waals surface area contributed by atoms with Crippen LogP contribution in [0.2, 0.25) is 0 Å². The number of rotatable bonds is 3. The molecular formula is C14H15BrN2O2. The normalized spacial score (nSPS) is 18.4. The van der Waals surface area contributed by atoms with Gasteiger partial charge >= 0.3 is 11.1 Å². The Bertz CT molecular complexity index is 730. The molecule has 19 heavy (non-hydrogen) atoms. The Labute approximate surface area is 118 Å². The molecule has 0 aliphatic heterocycles. The third-order valence-electron chi connectivity index (χ3n) is 3.89. The molecule has 2 unspecified atom stereocenters. The van der Waals surface area contributed by atoms with E-state index in [1.165, 1.54) is 12.8 Å². The van der Waals surface area contributed by atoms with Crippen LogP contribution >= 0.6 is 15.9 Å². The number of hydrogen-bond acceptors (Lipinski definition) is 2. The second kappa shape index (κ2) is 4.63. The zero-order chi connectivity index (χ0) is 13.6. The number of halogens is 1. The standard InChI is InChI=1S/C14H15BrN2O2/c1-7(8-2-3-8)12(15)9-4-5-10-11(6-9)17-14(19)13(18)16-10/h4-8,12H,2-3H2,1H3,(H,16,18)(H,17,19). The summed E-state index contributed by atoms with van der Waals surface area (Å²) in [4.78, 5) is 28.1. The van der Waals surface area contributed by atoms with Crippen LogP contribution in [0, 0.1) is 11.8 Å². The highest BCUT2D eigenvalue weighted by molar-refractivity contribution is 9.09. The second-order valence-corrected chi connectivity index (χ2v) is 6.30. The molecule has 0 radical (unpaired) electrons. The van der Waals surface area contributed by atoms with Gasteiger partial charge in [-0.05, 0) is 42.4 Å².